The van der Waals surface area contributed by atoms with Gasteiger partial charge >= 0.3 is 0 Å². The summed E-state index contributed by atoms with van der Waals surface area (Å²) in [7, 11) is 0. The number of ether oxygens (including phenoxy) is 1. The molecule has 0 radical (unpaired) electrons. The van der Waals surface area contributed by atoms with Gasteiger partial charge in [-0.15, -0.1) is 0 Å². The maximum absolute atomic E-state index is 12.4. The van der Waals surface area contributed by atoms with Gasteiger partial charge in [0.1, 0.15) is 30.5 Å². The highest BCUT2D eigenvalue weighted by molar-refractivity contribution is 7.22. The number of hydrogen-bond donors (Lipinski definition) is 0. The number of aromatic nitrogens is 4. The summed E-state index contributed by atoms with van der Waals surface area (Å²) in [5.74, 6) is 0.896. The largest absolute Gasteiger partial charge is 0.492 e. The lowest BCUT2D eigenvalue weighted by molar-refractivity contribution is -0.132. The van der Waals surface area contributed by atoms with Gasteiger partial charge in [0.05, 0.1) is 11.3 Å². The monoisotopic (exact) mass is 372 g/mol. The highest BCUT2D eigenvalue weighted by Crippen LogP contribution is 2.34. The summed E-state index contributed by atoms with van der Waals surface area (Å²) in [5, 5.41) is 4.97. The van der Waals surface area contributed by atoms with Gasteiger partial charge < -0.3 is 14.5 Å². The minimum atomic E-state index is 0.0677. The molecule has 0 N–H and O–H groups in total. The molecule has 0 spiro atoms. The van der Waals surface area contributed by atoms with E-state index in [2.05, 4.69) is 21.0 Å². The molecule has 1 amide bonds. The van der Waals surface area contributed by atoms with Crippen LogP contribution in [0.5, 0.6) is 5.75 Å². The van der Waals surface area contributed by atoms with E-state index in [1.807, 2.05) is 24.0 Å². The fraction of sp³-hybridized carbons (Fsp3) is 0.412. The Morgan fingerprint density at radius 1 is 1.27 bits per heavy atom. The molecule has 2 aromatic heterocycles. The second kappa shape index (κ2) is 7.28. The van der Waals surface area contributed by atoms with Gasteiger partial charge in [-0.05, 0) is 19.1 Å². The van der Waals surface area contributed by atoms with E-state index in [-0.39, 0.29) is 12.5 Å². The van der Waals surface area contributed by atoms with Crippen molar-refractivity contribution in [3.63, 3.8) is 0 Å². The molecule has 3 aromatic rings. The summed E-state index contributed by atoms with van der Waals surface area (Å²) in [5.41, 5.74) is 0.916. The molecule has 4 rings (SSSR count). The number of nitrogens with zero attached hydrogens (tertiary/aromatic N) is 6. The minimum absolute atomic E-state index is 0.0677. The zero-order valence-corrected chi connectivity index (χ0v) is 15.4. The summed E-state index contributed by atoms with van der Waals surface area (Å²) < 4.78 is 8.35. The first-order valence-electron chi connectivity index (χ1n) is 8.62. The predicted octanol–water partition coefficient (Wildman–Crippen LogP) is 1.64. The van der Waals surface area contributed by atoms with Crippen LogP contribution in [0.4, 0.5) is 5.13 Å². The summed E-state index contributed by atoms with van der Waals surface area (Å²) in [4.78, 5) is 25.1. The molecule has 0 saturated carbocycles. The van der Waals surface area contributed by atoms with Crippen molar-refractivity contribution in [3.8, 4) is 5.75 Å². The van der Waals surface area contributed by atoms with Gasteiger partial charge in [0.2, 0.25) is 5.91 Å². The van der Waals surface area contributed by atoms with Gasteiger partial charge in [-0.1, -0.05) is 17.4 Å². The van der Waals surface area contributed by atoms with Crippen molar-refractivity contribution in [2.24, 2.45) is 0 Å². The summed E-state index contributed by atoms with van der Waals surface area (Å²) in [6.07, 6.45) is 3.00. The third kappa shape index (κ3) is 3.34. The van der Waals surface area contributed by atoms with Crippen LogP contribution in [0.3, 0.4) is 0 Å². The van der Waals surface area contributed by atoms with Crippen LogP contribution in [0.1, 0.15) is 6.92 Å². The average molecular weight is 372 g/mol. The number of thiazole rings is 1. The SMILES string of the molecule is CCOc1cccc2sc(N3CCN(C(=O)Cn4cncn4)CC3)nc12. The van der Waals surface area contributed by atoms with E-state index in [0.29, 0.717) is 19.7 Å². The quantitative estimate of drug-likeness (QED) is 0.678. The molecule has 1 fully saturated rings. The molecule has 8 nitrogen and oxygen atoms in total. The van der Waals surface area contributed by atoms with Crippen molar-refractivity contribution in [2.45, 2.75) is 13.5 Å². The van der Waals surface area contributed by atoms with Crippen molar-refractivity contribution in [3.05, 3.63) is 30.9 Å². The highest BCUT2D eigenvalue weighted by Gasteiger charge is 2.23. The second-order valence-electron chi connectivity index (χ2n) is 5.99. The molecule has 0 bridgehead atoms. The number of piperazine rings is 1. The van der Waals surface area contributed by atoms with Crippen molar-refractivity contribution >= 4 is 32.6 Å². The Hall–Kier alpha value is -2.68. The third-order valence-electron chi connectivity index (χ3n) is 4.34. The summed E-state index contributed by atoms with van der Waals surface area (Å²) >= 11 is 1.67. The van der Waals surface area contributed by atoms with Crippen LogP contribution in [0.15, 0.2) is 30.9 Å². The van der Waals surface area contributed by atoms with Crippen LogP contribution < -0.4 is 9.64 Å². The molecule has 1 aliphatic rings. The molecule has 1 aromatic carbocycles. The number of hydrogen-bond acceptors (Lipinski definition) is 7. The molecule has 136 valence electrons. The number of carbonyl (C=O) groups is 1. The van der Waals surface area contributed by atoms with Crippen LogP contribution in [-0.4, -0.2) is 63.3 Å². The molecule has 0 atom stereocenters. The van der Waals surface area contributed by atoms with Crippen molar-refractivity contribution in [1.82, 2.24) is 24.6 Å². The predicted molar refractivity (Wildman–Crippen MR) is 99.6 cm³/mol. The van der Waals surface area contributed by atoms with Crippen LogP contribution in [0.2, 0.25) is 0 Å². The number of anilines is 1. The third-order valence-corrected chi connectivity index (χ3v) is 5.42. The zero-order valence-electron chi connectivity index (χ0n) is 14.5. The topological polar surface area (TPSA) is 76.4 Å². The van der Waals surface area contributed by atoms with E-state index in [0.717, 1.165) is 34.2 Å². The number of amides is 1. The first-order valence-corrected chi connectivity index (χ1v) is 9.43. The fourth-order valence-corrected chi connectivity index (χ4v) is 4.05. The lowest BCUT2D eigenvalue weighted by atomic mass is 10.3. The number of rotatable bonds is 5. The molecule has 9 heteroatoms. The zero-order chi connectivity index (χ0) is 17.9. The summed E-state index contributed by atoms with van der Waals surface area (Å²) in [6, 6.07) is 6.02. The maximum Gasteiger partial charge on any atom is 0.244 e. The number of carbonyl (C=O) groups excluding carboxylic acids is 1. The van der Waals surface area contributed by atoms with Crippen molar-refractivity contribution in [1.29, 1.82) is 0 Å². The number of fused-ring (bicyclic) bond motifs is 1. The van der Waals surface area contributed by atoms with E-state index >= 15 is 0 Å². The Morgan fingerprint density at radius 2 is 2.12 bits per heavy atom. The van der Waals surface area contributed by atoms with Gasteiger partial charge in [-0.3, -0.25) is 4.79 Å². The first kappa shape index (κ1) is 16.8. The normalized spacial score (nSPS) is 14.8. The first-order chi connectivity index (χ1) is 12.7. The molecular weight excluding hydrogens is 352 g/mol. The molecular formula is C17H20N6O2S. The molecule has 26 heavy (non-hydrogen) atoms. The number of para-hydroxylation sites is 1. The Kier molecular flexibility index (Phi) is 4.70. The second-order valence-corrected chi connectivity index (χ2v) is 7.00. The summed E-state index contributed by atoms with van der Waals surface area (Å²) in [6.45, 7) is 5.74. The smallest absolute Gasteiger partial charge is 0.244 e. The van der Waals surface area contributed by atoms with Gasteiger partial charge in [0, 0.05) is 26.2 Å². The van der Waals surface area contributed by atoms with E-state index in [9.17, 15) is 4.79 Å². The Morgan fingerprint density at radius 3 is 2.85 bits per heavy atom. The van der Waals surface area contributed by atoms with E-state index in [1.165, 1.54) is 6.33 Å². The van der Waals surface area contributed by atoms with Crippen molar-refractivity contribution in [2.75, 3.05) is 37.7 Å². The van der Waals surface area contributed by atoms with Gasteiger partial charge in [-0.25, -0.2) is 14.6 Å². The molecule has 1 saturated heterocycles. The van der Waals surface area contributed by atoms with E-state index < -0.39 is 0 Å². The molecule has 1 aliphatic heterocycles. The van der Waals surface area contributed by atoms with E-state index in [4.69, 9.17) is 9.72 Å². The van der Waals surface area contributed by atoms with E-state index in [1.54, 1.807) is 22.3 Å². The lowest BCUT2D eigenvalue weighted by Crippen LogP contribution is -2.49. The fourth-order valence-electron chi connectivity index (χ4n) is 3.02. The van der Waals surface area contributed by atoms with Crippen LogP contribution in [0, 0.1) is 0 Å². The van der Waals surface area contributed by atoms with Crippen LogP contribution in [-0.2, 0) is 11.3 Å². The standard InChI is InChI=1S/C17H20N6O2S/c1-2-25-13-4-3-5-14-16(13)20-17(26-14)22-8-6-21(7-9-22)15(24)10-23-12-18-11-19-23/h3-5,11-12H,2,6-10H2,1H3. The van der Waals surface area contributed by atoms with Crippen LogP contribution in [0.25, 0.3) is 10.2 Å². The lowest BCUT2D eigenvalue weighted by Gasteiger charge is -2.34. The maximum atomic E-state index is 12.4. The Balaban J connectivity index is 1.42. The van der Waals surface area contributed by atoms with Gasteiger partial charge in [-0.2, -0.15) is 5.10 Å². The average Bonchev–Trinajstić information content (AvgIpc) is 3.32. The number of benzene rings is 1. The van der Waals surface area contributed by atoms with Gasteiger partial charge in [0.15, 0.2) is 5.13 Å². The molecule has 3 heterocycles. The minimum Gasteiger partial charge on any atom is -0.492 e. The Labute approximate surface area is 155 Å². The highest BCUT2D eigenvalue weighted by atomic mass is 32.1. The van der Waals surface area contributed by atoms with Gasteiger partial charge in [0.25, 0.3) is 0 Å². The molecule has 0 unspecified atom stereocenters. The molecule has 0 aliphatic carbocycles. The van der Waals surface area contributed by atoms with Crippen LogP contribution >= 0.6 is 11.3 Å². The Bertz CT molecular complexity index is 886. The van der Waals surface area contributed by atoms with Crippen molar-refractivity contribution < 1.29 is 9.53 Å².